The third-order valence-corrected chi connectivity index (χ3v) is 3.92. The molecule has 0 amide bonds. The Morgan fingerprint density at radius 1 is 1.20 bits per heavy atom. The van der Waals surface area contributed by atoms with E-state index >= 15 is 0 Å². The number of hydrogen-bond acceptors (Lipinski definition) is 3. The van der Waals surface area contributed by atoms with Gasteiger partial charge in [-0.3, -0.25) is 0 Å². The third kappa shape index (κ3) is 1.12. The van der Waals surface area contributed by atoms with Gasteiger partial charge >= 0.3 is 8.60 Å². The predicted octanol–water partition coefficient (Wildman–Crippen LogP) is 1.67. The Morgan fingerprint density at radius 2 is 1.70 bits per heavy atom. The normalized spacial score (nSPS) is 45.9. The zero-order chi connectivity index (χ0) is 7.03. The molecule has 3 nitrogen and oxygen atoms in total. The molecule has 0 spiro atoms. The van der Waals surface area contributed by atoms with Gasteiger partial charge in [-0.05, 0) is 0 Å². The van der Waals surface area contributed by atoms with Crippen molar-refractivity contribution in [1.82, 2.24) is 0 Å². The largest absolute Gasteiger partial charge is 0.332 e. The summed E-state index contributed by atoms with van der Waals surface area (Å²) >= 11 is 3.42. The molecule has 0 aromatic rings. The van der Waals surface area contributed by atoms with Crippen LogP contribution < -0.4 is 0 Å². The van der Waals surface area contributed by atoms with Crippen molar-refractivity contribution in [3.8, 4) is 0 Å². The van der Waals surface area contributed by atoms with Gasteiger partial charge in [0.25, 0.3) is 0 Å². The maximum Gasteiger partial charge on any atom is 0.332 e. The van der Waals surface area contributed by atoms with E-state index in [-0.39, 0.29) is 5.41 Å². The van der Waals surface area contributed by atoms with E-state index in [9.17, 15) is 0 Å². The van der Waals surface area contributed by atoms with E-state index in [2.05, 4.69) is 15.9 Å². The number of halogens is 1. The van der Waals surface area contributed by atoms with Gasteiger partial charge in [-0.25, -0.2) is 0 Å². The van der Waals surface area contributed by atoms with Crippen molar-refractivity contribution < 1.29 is 13.6 Å². The molecule has 2 bridgehead atoms. The van der Waals surface area contributed by atoms with Crippen molar-refractivity contribution in [3.63, 3.8) is 0 Å². The average Bonchev–Trinajstić information content (AvgIpc) is 2.08. The van der Waals surface area contributed by atoms with Crippen molar-refractivity contribution in [2.45, 2.75) is 0 Å². The van der Waals surface area contributed by atoms with E-state index < -0.39 is 8.60 Å². The van der Waals surface area contributed by atoms with Crippen molar-refractivity contribution in [2.24, 2.45) is 5.41 Å². The van der Waals surface area contributed by atoms with E-state index in [0.717, 1.165) is 25.2 Å². The number of fused-ring (bicyclic) bond motifs is 3. The third-order valence-electron chi connectivity index (χ3n) is 1.71. The summed E-state index contributed by atoms with van der Waals surface area (Å²) in [4.78, 5) is 0. The van der Waals surface area contributed by atoms with Crippen LogP contribution >= 0.6 is 24.5 Å². The molecular weight excluding hydrogens is 219 g/mol. The van der Waals surface area contributed by atoms with E-state index in [1.54, 1.807) is 0 Å². The van der Waals surface area contributed by atoms with Crippen LogP contribution in [0.3, 0.4) is 0 Å². The maximum absolute atomic E-state index is 5.26. The maximum atomic E-state index is 5.26. The Kier molecular flexibility index (Phi) is 2.00. The van der Waals surface area contributed by atoms with Crippen LogP contribution in [0, 0.1) is 5.41 Å². The lowest BCUT2D eigenvalue weighted by molar-refractivity contribution is -0.0583. The molecule has 0 aromatic carbocycles. The van der Waals surface area contributed by atoms with Gasteiger partial charge in [-0.15, -0.1) is 0 Å². The fraction of sp³-hybridized carbons (Fsp3) is 1.00. The first-order valence-corrected chi connectivity index (χ1v) is 5.31. The monoisotopic (exact) mass is 226 g/mol. The number of hydrogen-bond donors (Lipinski definition) is 0. The van der Waals surface area contributed by atoms with Crippen LogP contribution in [0.5, 0.6) is 0 Å². The molecule has 3 rings (SSSR count). The van der Waals surface area contributed by atoms with Crippen LogP contribution in [0.1, 0.15) is 0 Å². The molecule has 3 heterocycles. The fourth-order valence-corrected chi connectivity index (χ4v) is 2.77. The second-order valence-corrected chi connectivity index (χ2v) is 4.46. The molecule has 0 saturated carbocycles. The molecule has 58 valence electrons. The van der Waals surface area contributed by atoms with Gasteiger partial charge in [0.2, 0.25) is 0 Å². The quantitative estimate of drug-likeness (QED) is 0.503. The average molecular weight is 227 g/mol. The molecule has 5 heteroatoms. The highest BCUT2D eigenvalue weighted by Gasteiger charge is 2.43. The summed E-state index contributed by atoms with van der Waals surface area (Å²) in [7, 11) is -0.962. The lowest BCUT2D eigenvalue weighted by Crippen LogP contribution is -2.44. The van der Waals surface area contributed by atoms with Crippen LogP contribution in [0.25, 0.3) is 0 Å². The first-order chi connectivity index (χ1) is 4.85. The molecule has 3 aliphatic rings. The minimum Gasteiger partial charge on any atom is -0.311 e. The van der Waals surface area contributed by atoms with Crippen molar-refractivity contribution in [3.05, 3.63) is 0 Å². The number of rotatable bonds is 1. The first kappa shape index (κ1) is 7.44. The number of alkyl halides is 1. The fourth-order valence-electron chi connectivity index (χ4n) is 0.921. The van der Waals surface area contributed by atoms with Gasteiger partial charge in [0.05, 0.1) is 25.2 Å². The summed E-state index contributed by atoms with van der Waals surface area (Å²) in [5, 5.41) is 0.892. The minimum atomic E-state index is -0.962. The van der Waals surface area contributed by atoms with Crippen LogP contribution in [0.2, 0.25) is 0 Å². The Labute approximate surface area is 69.2 Å². The lowest BCUT2D eigenvalue weighted by Gasteiger charge is -2.42. The topological polar surface area (TPSA) is 27.7 Å². The van der Waals surface area contributed by atoms with Gasteiger partial charge in [-0.2, -0.15) is 0 Å². The van der Waals surface area contributed by atoms with Gasteiger partial charge in [-0.1, -0.05) is 15.9 Å². The van der Waals surface area contributed by atoms with E-state index in [1.165, 1.54) is 0 Å². The molecule has 3 fully saturated rings. The molecule has 3 aliphatic heterocycles. The molecule has 3 saturated heterocycles. The second-order valence-electron chi connectivity index (χ2n) is 2.68. The summed E-state index contributed by atoms with van der Waals surface area (Å²) in [6.45, 7) is 2.35. The Morgan fingerprint density at radius 3 is 2.00 bits per heavy atom. The zero-order valence-electron chi connectivity index (χ0n) is 5.38. The van der Waals surface area contributed by atoms with Crippen LogP contribution in [0.15, 0.2) is 0 Å². The summed E-state index contributed by atoms with van der Waals surface area (Å²) in [6, 6.07) is 0. The smallest absolute Gasteiger partial charge is 0.311 e. The Balaban J connectivity index is 2.08. The van der Waals surface area contributed by atoms with Crippen LogP contribution in [0.4, 0.5) is 0 Å². The van der Waals surface area contributed by atoms with Gasteiger partial charge in [0.15, 0.2) is 0 Å². The minimum absolute atomic E-state index is 0.0943. The van der Waals surface area contributed by atoms with E-state index in [4.69, 9.17) is 13.6 Å². The molecule has 0 unspecified atom stereocenters. The highest BCUT2D eigenvalue weighted by molar-refractivity contribution is 9.09. The van der Waals surface area contributed by atoms with Crippen LogP contribution in [-0.2, 0) is 13.6 Å². The molecule has 0 atom stereocenters. The molecule has 0 aliphatic carbocycles. The zero-order valence-corrected chi connectivity index (χ0v) is 7.86. The summed E-state index contributed by atoms with van der Waals surface area (Å²) in [5.41, 5.74) is 0.0943. The summed E-state index contributed by atoms with van der Waals surface area (Å²) in [5.74, 6) is 0. The molecule has 0 radical (unpaired) electrons. The first-order valence-electron chi connectivity index (χ1n) is 3.10. The predicted molar refractivity (Wildman–Crippen MR) is 41.0 cm³/mol. The van der Waals surface area contributed by atoms with Gasteiger partial charge in [0.1, 0.15) is 0 Å². The summed E-state index contributed by atoms with van der Waals surface area (Å²) < 4.78 is 15.8. The molecule has 10 heavy (non-hydrogen) atoms. The van der Waals surface area contributed by atoms with E-state index in [1.807, 2.05) is 0 Å². The van der Waals surface area contributed by atoms with Crippen molar-refractivity contribution >= 4 is 24.5 Å². The van der Waals surface area contributed by atoms with Gasteiger partial charge in [0, 0.05) is 5.33 Å². The van der Waals surface area contributed by atoms with Crippen molar-refractivity contribution in [1.29, 1.82) is 0 Å². The standard InChI is InChI=1S/C5H8BrO3P/c6-1-5-2-7-10(8-3-5)9-4-5/h1-4H2. The highest BCUT2D eigenvalue weighted by Crippen LogP contribution is 2.53. The summed E-state index contributed by atoms with van der Waals surface area (Å²) in [6.07, 6.45) is 0. The van der Waals surface area contributed by atoms with Crippen molar-refractivity contribution in [2.75, 3.05) is 25.2 Å². The van der Waals surface area contributed by atoms with Gasteiger partial charge < -0.3 is 13.6 Å². The highest BCUT2D eigenvalue weighted by atomic mass is 79.9. The Bertz CT molecular complexity index is 121. The van der Waals surface area contributed by atoms with E-state index in [0.29, 0.717) is 0 Å². The Hall–Kier alpha value is 0.790. The lowest BCUT2D eigenvalue weighted by atomic mass is 9.95. The van der Waals surface area contributed by atoms with Crippen LogP contribution in [-0.4, -0.2) is 25.2 Å². The molecule has 0 N–H and O–H groups in total. The second kappa shape index (κ2) is 2.68. The molecule has 0 aromatic heterocycles. The SMILES string of the molecule is BrCC12COP(OC1)OC2. The molecular formula is C5H8BrO3P.